The summed E-state index contributed by atoms with van der Waals surface area (Å²) in [6, 6.07) is 10.2. The Labute approximate surface area is 159 Å². The zero-order chi connectivity index (χ0) is 18.5. The Hall–Kier alpha value is -3.19. The van der Waals surface area contributed by atoms with Gasteiger partial charge in [-0.25, -0.2) is 15.0 Å². The molecule has 0 fully saturated rings. The number of halogens is 1. The average molecular weight is 378 g/mol. The molecule has 1 aliphatic carbocycles. The van der Waals surface area contributed by atoms with Crippen molar-refractivity contribution < 1.29 is 0 Å². The third-order valence-electron chi connectivity index (χ3n) is 5.02. The van der Waals surface area contributed by atoms with Crippen LogP contribution in [0.2, 0.25) is 5.15 Å². The van der Waals surface area contributed by atoms with Crippen LogP contribution >= 0.6 is 11.6 Å². The van der Waals surface area contributed by atoms with Gasteiger partial charge in [0.25, 0.3) is 0 Å². The second-order valence-electron chi connectivity index (χ2n) is 6.74. The molecule has 0 radical (unpaired) electrons. The Kier molecular flexibility index (Phi) is 3.51. The third-order valence-corrected chi connectivity index (χ3v) is 5.34. The number of anilines is 2. The van der Waals surface area contributed by atoms with Crippen LogP contribution in [0, 0.1) is 0 Å². The quantitative estimate of drug-likeness (QED) is 0.462. The lowest BCUT2D eigenvalue weighted by Gasteiger charge is -2.09. The molecule has 0 bridgehead atoms. The van der Waals surface area contributed by atoms with Gasteiger partial charge in [-0.1, -0.05) is 35.9 Å². The highest BCUT2D eigenvalue weighted by molar-refractivity contribution is 6.31. The van der Waals surface area contributed by atoms with Gasteiger partial charge in [-0.05, 0) is 30.0 Å². The first-order chi connectivity index (χ1) is 13.1. The van der Waals surface area contributed by atoms with Crippen molar-refractivity contribution >= 4 is 34.1 Å². The number of nitrogens with two attached hydrogens (primary N) is 2. The fourth-order valence-corrected chi connectivity index (χ4v) is 3.81. The highest BCUT2D eigenvalue weighted by atomic mass is 35.5. The normalized spacial score (nSPS) is 14.0. The number of aromatic nitrogens is 5. The molecule has 5 N–H and O–H groups in total. The minimum Gasteiger partial charge on any atom is -0.396 e. The van der Waals surface area contributed by atoms with Crippen molar-refractivity contribution in [1.29, 1.82) is 0 Å². The summed E-state index contributed by atoms with van der Waals surface area (Å²) in [6.45, 7) is 0. The van der Waals surface area contributed by atoms with Crippen LogP contribution < -0.4 is 11.5 Å². The SMILES string of the molecule is Nc1cc(-c2n[nH]c3nc(C4Cc5ccccc5C4)nc(N)c23)cnc1Cl. The molecular weight excluding hydrogens is 362 g/mol. The summed E-state index contributed by atoms with van der Waals surface area (Å²) in [7, 11) is 0. The number of pyridine rings is 1. The molecule has 4 aromatic rings. The van der Waals surface area contributed by atoms with Crippen LogP contribution in [0.5, 0.6) is 0 Å². The van der Waals surface area contributed by atoms with E-state index in [-0.39, 0.29) is 11.1 Å². The Morgan fingerprint density at radius 2 is 1.81 bits per heavy atom. The van der Waals surface area contributed by atoms with Gasteiger partial charge in [0.05, 0.1) is 11.1 Å². The molecule has 27 heavy (non-hydrogen) atoms. The van der Waals surface area contributed by atoms with E-state index in [1.54, 1.807) is 12.3 Å². The summed E-state index contributed by atoms with van der Waals surface area (Å²) in [5.41, 5.74) is 17.2. The summed E-state index contributed by atoms with van der Waals surface area (Å²) >= 11 is 5.91. The topological polar surface area (TPSA) is 119 Å². The van der Waals surface area contributed by atoms with Gasteiger partial charge < -0.3 is 11.5 Å². The van der Waals surface area contributed by atoms with Crippen LogP contribution in [0.25, 0.3) is 22.3 Å². The van der Waals surface area contributed by atoms with E-state index >= 15 is 0 Å². The lowest BCUT2D eigenvalue weighted by atomic mass is 10.1. The van der Waals surface area contributed by atoms with E-state index in [1.165, 1.54) is 11.1 Å². The Balaban J connectivity index is 1.57. The van der Waals surface area contributed by atoms with Crippen LogP contribution in [0.4, 0.5) is 11.5 Å². The number of hydrogen-bond acceptors (Lipinski definition) is 6. The van der Waals surface area contributed by atoms with Gasteiger partial charge in [0.15, 0.2) is 10.8 Å². The van der Waals surface area contributed by atoms with Crippen molar-refractivity contribution in [3.05, 3.63) is 58.6 Å². The largest absolute Gasteiger partial charge is 0.396 e. The first kappa shape index (κ1) is 16.0. The van der Waals surface area contributed by atoms with Gasteiger partial charge in [0.2, 0.25) is 0 Å². The molecule has 134 valence electrons. The number of nitrogens with zero attached hydrogens (tertiary/aromatic N) is 4. The van der Waals surface area contributed by atoms with Gasteiger partial charge in [0.1, 0.15) is 17.3 Å². The first-order valence-corrected chi connectivity index (χ1v) is 8.97. The summed E-state index contributed by atoms with van der Waals surface area (Å²) in [4.78, 5) is 13.4. The number of H-pyrrole nitrogens is 1. The molecule has 0 spiro atoms. The molecule has 0 unspecified atom stereocenters. The zero-order valence-corrected chi connectivity index (χ0v) is 15.0. The Bertz CT molecular complexity index is 1160. The molecule has 0 saturated heterocycles. The van der Waals surface area contributed by atoms with Crippen molar-refractivity contribution in [2.24, 2.45) is 0 Å². The highest BCUT2D eigenvalue weighted by Gasteiger charge is 2.26. The minimum atomic E-state index is 0.216. The number of rotatable bonds is 2. The molecule has 3 aromatic heterocycles. The molecule has 1 aliphatic rings. The van der Waals surface area contributed by atoms with Crippen LogP contribution in [-0.2, 0) is 12.8 Å². The van der Waals surface area contributed by atoms with Crippen molar-refractivity contribution in [2.75, 3.05) is 11.5 Å². The molecule has 8 heteroatoms. The maximum absolute atomic E-state index is 6.29. The number of nitrogen functional groups attached to an aromatic ring is 2. The molecule has 5 rings (SSSR count). The van der Waals surface area contributed by atoms with E-state index in [4.69, 9.17) is 28.1 Å². The van der Waals surface area contributed by atoms with Crippen molar-refractivity contribution in [3.63, 3.8) is 0 Å². The average Bonchev–Trinajstić information content (AvgIpc) is 3.28. The van der Waals surface area contributed by atoms with Crippen LogP contribution in [-0.4, -0.2) is 25.1 Å². The van der Waals surface area contributed by atoms with E-state index in [0.717, 1.165) is 18.7 Å². The fraction of sp³-hybridized carbons (Fsp3) is 0.158. The summed E-state index contributed by atoms with van der Waals surface area (Å²) in [6.07, 6.45) is 3.44. The molecule has 0 atom stereocenters. The number of nitrogens with one attached hydrogen (secondary N) is 1. The van der Waals surface area contributed by atoms with E-state index in [0.29, 0.717) is 33.8 Å². The Morgan fingerprint density at radius 1 is 1.07 bits per heavy atom. The molecule has 0 amide bonds. The zero-order valence-electron chi connectivity index (χ0n) is 14.3. The van der Waals surface area contributed by atoms with Gasteiger partial charge in [-0.15, -0.1) is 0 Å². The van der Waals surface area contributed by atoms with Crippen molar-refractivity contribution in [2.45, 2.75) is 18.8 Å². The van der Waals surface area contributed by atoms with Crippen LogP contribution in [0.1, 0.15) is 22.9 Å². The predicted octanol–water partition coefficient (Wildman–Crippen LogP) is 3.12. The molecule has 3 heterocycles. The maximum atomic E-state index is 6.29. The molecular formula is C19H16ClN7. The molecule has 0 saturated carbocycles. The lowest BCUT2D eigenvalue weighted by Crippen LogP contribution is -2.07. The standard InChI is InChI=1S/C19H16ClN7/c20-16-13(21)7-12(8-23-16)15-14-17(22)24-18(25-19(14)27-26-15)11-5-9-3-1-2-4-10(9)6-11/h1-4,7-8,11H,5-6,21H2,(H3,22,24,25,26,27). The third kappa shape index (κ3) is 2.59. The van der Waals surface area contributed by atoms with E-state index < -0.39 is 0 Å². The van der Waals surface area contributed by atoms with E-state index in [9.17, 15) is 0 Å². The Morgan fingerprint density at radius 3 is 2.52 bits per heavy atom. The summed E-state index contributed by atoms with van der Waals surface area (Å²) < 4.78 is 0. The molecule has 7 nitrogen and oxygen atoms in total. The van der Waals surface area contributed by atoms with Gasteiger partial charge in [-0.2, -0.15) is 5.10 Å². The van der Waals surface area contributed by atoms with Gasteiger partial charge in [0, 0.05) is 17.7 Å². The second-order valence-corrected chi connectivity index (χ2v) is 7.10. The molecule has 0 aliphatic heterocycles. The first-order valence-electron chi connectivity index (χ1n) is 8.60. The number of fused-ring (bicyclic) bond motifs is 2. The predicted molar refractivity (Wildman–Crippen MR) is 105 cm³/mol. The second kappa shape index (κ2) is 5.92. The number of aromatic amines is 1. The fourth-order valence-electron chi connectivity index (χ4n) is 3.70. The number of benzene rings is 1. The summed E-state index contributed by atoms with van der Waals surface area (Å²) in [5, 5.41) is 8.24. The van der Waals surface area contributed by atoms with Crippen LogP contribution in [0.15, 0.2) is 36.5 Å². The monoisotopic (exact) mass is 377 g/mol. The van der Waals surface area contributed by atoms with E-state index in [1.807, 2.05) is 0 Å². The minimum absolute atomic E-state index is 0.216. The highest BCUT2D eigenvalue weighted by Crippen LogP contribution is 2.35. The van der Waals surface area contributed by atoms with Gasteiger partial charge >= 0.3 is 0 Å². The lowest BCUT2D eigenvalue weighted by molar-refractivity contribution is 0.687. The maximum Gasteiger partial charge on any atom is 0.161 e. The van der Waals surface area contributed by atoms with Crippen LogP contribution in [0.3, 0.4) is 0 Å². The smallest absolute Gasteiger partial charge is 0.161 e. The van der Waals surface area contributed by atoms with E-state index in [2.05, 4.69) is 44.4 Å². The molecule has 1 aromatic carbocycles. The van der Waals surface area contributed by atoms with Crippen molar-refractivity contribution in [1.82, 2.24) is 25.1 Å². The van der Waals surface area contributed by atoms with Crippen molar-refractivity contribution in [3.8, 4) is 11.3 Å². The number of hydrogen-bond donors (Lipinski definition) is 3. The summed E-state index contributed by atoms with van der Waals surface area (Å²) in [5.74, 6) is 1.34. The van der Waals surface area contributed by atoms with Gasteiger partial charge in [-0.3, -0.25) is 5.10 Å².